The summed E-state index contributed by atoms with van der Waals surface area (Å²) in [5.41, 5.74) is 5.77. The van der Waals surface area contributed by atoms with Gasteiger partial charge in [-0.25, -0.2) is 4.39 Å². The minimum atomic E-state index is -4.79. The van der Waals surface area contributed by atoms with E-state index in [-0.39, 0.29) is 24.5 Å². The van der Waals surface area contributed by atoms with Gasteiger partial charge >= 0.3 is 12.1 Å². The van der Waals surface area contributed by atoms with Crippen LogP contribution in [0.2, 0.25) is 0 Å². The fraction of sp³-hybridized carbons (Fsp3) is 0.722. The van der Waals surface area contributed by atoms with Gasteiger partial charge in [0.1, 0.15) is 5.83 Å². The Morgan fingerprint density at radius 1 is 1.27 bits per heavy atom. The first-order chi connectivity index (χ1) is 11.9. The van der Waals surface area contributed by atoms with Crippen molar-refractivity contribution in [1.82, 2.24) is 10.2 Å². The van der Waals surface area contributed by atoms with Gasteiger partial charge in [-0.2, -0.15) is 13.2 Å². The van der Waals surface area contributed by atoms with Crippen LogP contribution in [0, 0.1) is 5.92 Å². The van der Waals surface area contributed by atoms with Crippen LogP contribution in [0.3, 0.4) is 0 Å². The highest BCUT2D eigenvalue weighted by Gasteiger charge is 2.43. The molecule has 0 radical (unpaired) electrons. The molecule has 0 spiro atoms. The lowest BCUT2D eigenvalue weighted by molar-refractivity contribution is -0.186. The SMILES string of the molecule is C/C(=C\C(F)=C/N)CCNC(C)(C)CC1CCN(C(=O)C(F)(F)F)CC1. The number of carbonyl (C=O) groups excluding carboxylic acids is 1. The summed E-state index contributed by atoms with van der Waals surface area (Å²) >= 11 is 0. The number of amides is 1. The first-order valence-electron chi connectivity index (χ1n) is 8.80. The molecule has 8 heteroatoms. The van der Waals surface area contributed by atoms with Crippen molar-refractivity contribution in [2.45, 2.75) is 58.2 Å². The molecule has 1 aliphatic heterocycles. The molecule has 1 saturated heterocycles. The second kappa shape index (κ2) is 9.39. The molecule has 1 rings (SSSR count). The molecule has 0 saturated carbocycles. The standard InChI is InChI=1S/C18H29F4N3O/c1-13(10-15(19)12-23)4-7-24-17(2,3)11-14-5-8-25(9-6-14)16(26)18(20,21)22/h10,12,14,24H,4-9,11,23H2,1-3H3/b13-10+,15-12+. The number of carbonyl (C=O) groups is 1. The number of nitrogens with zero attached hydrogens (tertiary/aromatic N) is 1. The molecule has 1 aliphatic rings. The number of alkyl halides is 3. The Morgan fingerprint density at radius 3 is 2.35 bits per heavy atom. The van der Waals surface area contributed by atoms with Crippen molar-refractivity contribution in [2.24, 2.45) is 11.7 Å². The highest BCUT2D eigenvalue weighted by molar-refractivity contribution is 5.81. The van der Waals surface area contributed by atoms with Gasteiger partial charge in [0.15, 0.2) is 0 Å². The molecule has 0 atom stereocenters. The summed E-state index contributed by atoms with van der Waals surface area (Å²) in [7, 11) is 0. The van der Waals surface area contributed by atoms with Crippen LogP contribution in [0.4, 0.5) is 17.6 Å². The third-order valence-corrected chi connectivity index (χ3v) is 4.61. The molecule has 0 aromatic carbocycles. The Hall–Kier alpha value is -1.57. The molecule has 1 amide bonds. The van der Waals surface area contributed by atoms with E-state index < -0.39 is 17.9 Å². The third-order valence-electron chi connectivity index (χ3n) is 4.61. The van der Waals surface area contributed by atoms with Crippen molar-refractivity contribution < 1.29 is 22.4 Å². The van der Waals surface area contributed by atoms with E-state index in [9.17, 15) is 22.4 Å². The topological polar surface area (TPSA) is 58.4 Å². The zero-order valence-electron chi connectivity index (χ0n) is 15.6. The van der Waals surface area contributed by atoms with Gasteiger partial charge in [-0.05, 0) is 65.0 Å². The Bertz CT molecular complexity index is 533. The van der Waals surface area contributed by atoms with E-state index in [1.807, 2.05) is 20.8 Å². The number of piperidine rings is 1. The number of hydrogen-bond donors (Lipinski definition) is 2. The molecule has 26 heavy (non-hydrogen) atoms. The average molecular weight is 379 g/mol. The largest absolute Gasteiger partial charge is 0.471 e. The molecule has 3 N–H and O–H groups in total. The lowest BCUT2D eigenvalue weighted by Gasteiger charge is -2.37. The predicted octanol–water partition coefficient (Wildman–Crippen LogP) is 3.65. The maximum absolute atomic E-state index is 13.1. The summed E-state index contributed by atoms with van der Waals surface area (Å²) in [6.45, 7) is 6.86. The normalized spacial score (nSPS) is 18.3. The Labute approximate surface area is 152 Å². The number of halogens is 4. The molecule has 0 aromatic rings. The number of allylic oxidation sites excluding steroid dienone is 2. The first kappa shape index (κ1) is 22.5. The summed E-state index contributed by atoms with van der Waals surface area (Å²) in [6, 6.07) is 0. The summed E-state index contributed by atoms with van der Waals surface area (Å²) < 4.78 is 50.5. The fourth-order valence-corrected chi connectivity index (χ4v) is 3.27. The first-order valence-corrected chi connectivity index (χ1v) is 8.80. The smallest absolute Gasteiger partial charge is 0.402 e. The van der Waals surface area contributed by atoms with E-state index in [1.165, 1.54) is 6.08 Å². The maximum atomic E-state index is 13.1. The van der Waals surface area contributed by atoms with Crippen LogP contribution in [0.15, 0.2) is 23.7 Å². The molecule has 0 bridgehead atoms. The number of likely N-dealkylation sites (tertiary alicyclic amines) is 1. The predicted molar refractivity (Wildman–Crippen MR) is 93.8 cm³/mol. The van der Waals surface area contributed by atoms with Crippen molar-refractivity contribution in [2.75, 3.05) is 19.6 Å². The van der Waals surface area contributed by atoms with E-state index in [1.54, 1.807) is 0 Å². The fourth-order valence-electron chi connectivity index (χ4n) is 3.27. The van der Waals surface area contributed by atoms with Gasteiger partial charge in [-0.1, -0.05) is 5.57 Å². The van der Waals surface area contributed by atoms with Crippen LogP contribution in [0.25, 0.3) is 0 Å². The zero-order valence-corrected chi connectivity index (χ0v) is 15.6. The third kappa shape index (κ3) is 7.76. The molecular formula is C18H29F4N3O. The highest BCUT2D eigenvalue weighted by atomic mass is 19.4. The minimum Gasteiger partial charge on any atom is -0.402 e. The summed E-state index contributed by atoms with van der Waals surface area (Å²) in [4.78, 5) is 12.2. The number of rotatable bonds is 7. The van der Waals surface area contributed by atoms with Gasteiger partial charge in [-0.3, -0.25) is 4.79 Å². The van der Waals surface area contributed by atoms with Gasteiger partial charge < -0.3 is 16.0 Å². The summed E-state index contributed by atoms with van der Waals surface area (Å²) in [6.07, 6.45) is 0.122. The van der Waals surface area contributed by atoms with Crippen LogP contribution in [0.5, 0.6) is 0 Å². The monoisotopic (exact) mass is 379 g/mol. The average Bonchev–Trinajstić information content (AvgIpc) is 2.53. The van der Waals surface area contributed by atoms with Crippen LogP contribution in [-0.2, 0) is 4.79 Å². The number of nitrogens with one attached hydrogen (secondary N) is 1. The molecule has 150 valence electrons. The van der Waals surface area contributed by atoms with E-state index >= 15 is 0 Å². The lowest BCUT2D eigenvalue weighted by atomic mass is 9.84. The Balaban J connectivity index is 2.40. The molecule has 0 unspecified atom stereocenters. The molecule has 1 fully saturated rings. The van der Waals surface area contributed by atoms with E-state index in [0.717, 1.165) is 23.1 Å². The molecular weight excluding hydrogens is 350 g/mol. The zero-order chi connectivity index (χ0) is 20.0. The van der Waals surface area contributed by atoms with Gasteiger partial charge in [0.05, 0.1) is 0 Å². The second-order valence-electron chi connectivity index (χ2n) is 7.54. The second-order valence-corrected chi connectivity index (χ2v) is 7.54. The van der Waals surface area contributed by atoms with E-state index in [0.29, 0.717) is 25.8 Å². The molecule has 0 aliphatic carbocycles. The van der Waals surface area contributed by atoms with Gasteiger partial charge in [0.25, 0.3) is 0 Å². The van der Waals surface area contributed by atoms with E-state index in [4.69, 9.17) is 5.73 Å². The summed E-state index contributed by atoms with van der Waals surface area (Å²) in [5.74, 6) is -1.94. The van der Waals surface area contributed by atoms with Crippen molar-refractivity contribution in [1.29, 1.82) is 0 Å². The van der Waals surface area contributed by atoms with Crippen molar-refractivity contribution >= 4 is 5.91 Å². The van der Waals surface area contributed by atoms with E-state index in [2.05, 4.69) is 5.32 Å². The van der Waals surface area contributed by atoms with Crippen LogP contribution in [-0.4, -0.2) is 42.2 Å². The maximum Gasteiger partial charge on any atom is 0.471 e. The van der Waals surface area contributed by atoms with Crippen LogP contribution >= 0.6 is 0 Å². The summed E-state index contributed by atoms with van der Waals surface area (Å²) in [5, 5.41) is 3.41. The molecule has 0 aromatic heterocycles. The van der Waals surface area contributed by atoms with Crippen molar-refractivity contribution in [3.63, 3.8) is 0 Å². The number of nitrogens with two attached hydrogens (primary N) is 1. The van der Waals surface area contributed by atoms with Crippen LogP contribution in [0.1, 0.15) is 46.5 Å². The van der Waals surface area contributed by atoms with Gasteiger partial charge in [0.2, 0.25) is 0 Å². The molecule has 4 nitrogen and oxygen atoms in total. The van der Waals surface area contributed by atoms with Crippen molar-refractivity contribution in [3.8, 4) is 0 Å². The highest BCUT2D eigenvalue weighted by Crippen LogP contribution is 2.28. The van der Waals surface area contributed by atoms with Gasteiger partial charge in [-0.15, -0.1) is 0 Å². The molecule has 1 heterocycles. The number of hydrogen-bond acceptors (Lipinski definition) is 3. The Kier molecular flexibility index (Phi) is 8.12. The van der Waals surface area contributed by atoms with Crippen molar-refractivity contribution in [3.05, 3.63) is 23.7 Å². The minimum absolute atomic E-state index is 0.144. The Morgan fingerprint density at radius 2 is 1.85 bits per heavy atom. The van der Waals surface area contributed by atoms with Crippen LogP contribution < -0.4 is 11.1 Å². The van der Waals surface area contributed by atoms with Gasteiger partial charge in [0, 0.05) is 24.8 Å². The lowest BCUT2D eigenvalue weighted by Crippen LogP contribution is -2.47. The quantitative estimate of drug-likeness (QED) is 0.524.